The Balaban J connectivity index is 1.42. The number of hydrogen-bond donors (Lipinski definition) is 1. The van der Waals surface area contributed by atoms with E-state index in [1.54, 1.807) is 24.7 Å². The third kappa shape index (κ3) is 3.82. The molecule has 0 spiro atoms. The zero-order chi connectivity index (χ0) is 22.2. The van der Waals surface area contributed by atoms with E-state index in [1.165, 1.54) is 12.1 Å². The normalized spacial score (nSPS) is 22.0. The second-order valence-corrected chi connectivity index (χ2v) is 8.75. The van der Waals surface area contributed by atoms with E-state index in [4.69, 9.17) is 0 Å². The summed E-state index contributed by atoms with van der Waals surface area (Å²) in [7, 11) is 0. The lowest BCUT2D eigenvalue weighted by atomic mass is 9.95. The van der Waals surface area contributed by atoms with Crippen molar-refractivity contribution < 1.29 is 14.3 Å². The Hall–Kier alpha value is -3.03. The number of piperazine rings is 1. The van der Waals surface area contributed by atoms with Gasteiger partial charge in [-0.3, -0.25) is 9.69 Å². The fourth-order valence-electron chi connectivity index (χ4n) is 5.05. The number of amides is 1. The molecule has 0 radical (unpaired) electrons. The van der Waals surface area contributed by atoms with Crippen molar-refractivity contribution in [3.05, 3.63) is 78.1 Å². The fourth-order valence-corrected chi connectivity index (χ4v) is 5.05. The van der Waals surface area contributed by atoms with Crippen LogP contribution in [0.25, 0.3) is 11.1 Å². The van der Waals surface area contributed by atoms with Gasteiger partial charge in [0.1, 0.15) is 11.5 Å². The van der Waals surface area contributed by atoms with E-state index in [0.29, 0.717) is 31.7 Å². The average Bonchev–Trinajstić information content (AvgIpc) is 3.44. The molecule has 1 amide bonds. The Morgan fingerprint density at radius 3 is 2.72 bits per heavy atom. The predicted octanol–water partition coefficient (Wildman–Crippen LogP) is 3.19. The predicted molar refractivity (Wildman–Crippen MR) is 120 cm³/mol. The molecule has 2 aromatic carbocycles. The molecule has 3 unspecified atom stereocenters. The van der Waals surface area contributed by atoms with Gasteiger partial charge in [-0.2, -0.15) is 0 Å². The highest BCUT2D eigenvalue weighted by Gasteiger charge is 2.37. The first-order valence-corrected chi connectivity index (χ1v) is 11.1. The Bertz CT molecular complexity index is 1110. The SMILES string of the molecule is CC(c1ccccc1-c1ccc(F)cc1)n1cncc1C(=O)N1CCN2CC(O)CC2C1. The average molecular weight is 435 g/mol. The van der Waals surface area contributed by atoms with Gasteiger partial charge < -0.3 is 14.6 Å². The van der Waals surface area contributed by atoms with Gasteiger partial charge in [-0.1, -0.05) is 36.4 Å². The summed E-state index contributed by atoms with van der Waals surface area (Å²) in [6, 6.07) is 14.5. The molecule has 0 saturated carbocycles. The van der Waals surface area contributed by atoms with Gasteiger partial charge in [0.2, 0.25) is 0 Å². The minimum atomic E-state index is -0.302. The maximum absolute atomic E-state index is 13.4. The van der Waals surface area contributed by atoms with Crippen LogP contribution in [0.4, 0.5) is 4.39 Å². The first kappa shape index (κ1) is 20.8. The van der Waals surface area contributed by atoms with E-state index in [0.717, 1.165) is 23.2 Å². The molecule has 5 rings (SSSR count). The molecular formula is C25H27FN4O2. The second-order valence-electron chi connectivity index (χ2n) is 8.75. The van der Waals surface area contributed by atoms with Gasteiger partial charge in [0.05, 0.1) is 24.7 Å². The molecule has 2 fully saturated rings. The number of benzene rings is 2. The molecule has 1 aromatic heterocycles. The summed E-state index contributed by atoms with van der Waals surface area (Å²) in [6.07, 6.45) is 3.75. The Kier molecular flexibility index (Phi) is 5.53. The van der Waals surface area contributed by atoms with Crippen LogP contribution >= 0.6 is 0 Å². The molecule has 7 heteroatoms. The third-order valence-corrected chi connectivity index (χ3v) is 6.75. The highest BCUT2D eigenvalue weighted by Crippen LogP contribution is 2.31. The van der Waals surface area contributed by atoms with Crippen LogP contribution in [0.5, 0.6) is 0 Å². The van der Waals surface area contributed by atoms with E-state index in [1.807, 2.05) is 40.7 Å². The largest absolute Gasteiger partial charge is 0.392 e. The van der Waals surface area contributed by atoms with Gasteiger partial charge in [-0.15, -0.1) is 0 Å². The van der Waals surface area contributed by atoms with Crippen LogP contribution in [-0.4, -0.2) is 68.7 Å². The van der Waals surface area contributed by atoms with Crippen LogP contribution in [0.2, 0.25) is 0 Å². The highest BCUT2D eigenvalue weighted by atomic mass is 19.1. The third-order valence-electron chi connectivity index (χ3n) is 6.75. The molecule has 0 bridgehead atoms. The van der Waals surface area contributed by atoms with Crippen molar-refractivity contribution in [3.63, 3.8) is 0 Å². The summed E-state index contributed by atoms with van der Waals surface area (Å²) >= 11 is 0. The van der Waals surface area contributed by atoms with Crippen LogP contribution in [0, 0.1) is 5.82 Å². The summed E-state index contributed by atoms with van der Waals surface area (Å²) in [6.45, 7) is 4.80. The van der Waals surface area contributed by atoms with Crippen LogP contribution in [0.15, 0.2) is 61.1 Å². The molecule has 3 aromatic rings. The van der Waals surface area contributed by atoms with E-state index in [-0.39, 0.29) is 29.9 Å². The van der Waals surface area contributed by atoms with Crippen molar-refractivity contribution in [2.24, 2.45) is 0 Å². The van der Waals surface area contributed by atoms with E-state index in [2.05, 4.69) is 9.88 Å². The van der Waals surface area contributed by atoms with Crippen molar-refractivity contribution in [2.45, 2.75) is 31.5 Å². The molecule has 2 aliphatic rings. The molecule has 3 atom stereocenters. The monoisotopic (exact) mass is 434 g/mol. The summed E-state index contributed by atoms with van der Waals surface area (Å²) < 4.78 is 15.4. The lowest BCUT2D eigenvalue weighted by Gasteiger charge is -2.37. The number of hydrogen-bond acceptors (Lipinski definition) is 4. The van der Waals surface area contributed by atoms with Crippen LogP contribution in [0.3, 0.4) is 0 Å². The Morgan fingerprint density at radius 2 is 1.91 bits per heavy atom. The lowest BCUT2D eigenvalue weighted by Crippen LogP contribution is -2.52. The van der Waals surface area contributed by atoms with Gasteiger partial charge in [-0.05, 0) is 42.2 Å². The summed E-state index contributed by atoms with van der Waals surface area (Å²) in [4.78, 5) is 21.9. The van der Waals surface area contributed by atoms with Gasteiger partial charge in [0.25, 0.3) is 5.91 Å². The van der Waals surface area contributed by atoms with Crippen molar-refractivity contribution in [1.82, 2.24) is 19.4 Å². The van der Waals surface area contributed by atoms with Gasteiger partial charge in [0, 0.05) is 32.2 Å². The van der Waals surface area contributed by atoms with Gasteiger partial charge in [0.15, 0.2) is 0 Å². The lowest BCUT2D eigenvalue weighted by molar-refractivity contribution is 0.0558. The molecular weight excluding hydrogens is 407 g/mol. The second kappa shape index (κ2) is 8.48. The molecule has 1 N–H and O–H groups in total. The minimum Gasteiger partial charge on any atom is -0.392 e. The number of nitrogens with zero attached hydrogens (tertiary/aromatic N) is 4. The summed E-state index contributed by atoms with van der Waals surface area (Å²) in [5.41, 5.74) is 3.52. The molecule has 166 valence electrons. The van der Waals surface area contributed by atoms with Crippen LogP contribution < -0.4 is 0 Å². The minimum absolute atomic E-state index is 0.0327. The quantitative estimate of drug-likeness (QED) is 0.685. The van der Waals surface area contributed by atoms with Crippen LogP contribution in [0.1, 0.15) is 35.4 Å². The molecule has 2 saturated heterocycles. The van der Waals surface area contributed by atoms with Crippen molar-refractivity contribution in [3.8, 4) is 11.1 Å². The number of imidazole rings is 1. The highest BCUT2D eigenvalue weighted by molar-refractivity contribution is 5.92. The summed E-state index contributed by atoms with van der Waals surface area (Å²) in [5.74, 6) is -0.300. The van der Waals surface area contributed by atoms with Crippen LogP contribution in [-0.2, 0) is 0 Å². The number of aliphatic hydroxyl groups is 1. The standard InChI is InChI=1S/C25H27FN4O2/c1-17(22-4-2-3-5-23(22)18-6-8-19(26)9-7-18)30-16-27-13-24(30)25(32)29-11-10-28-15-21(31)12-20(28)14-29/h2-9,13,16-17,20-21,31H,10-12,14-15H2,1H3. The number of rotatable bonds is 4. The fraction of sp³-hybridized carbons (Fsp3) is 0.360. The van der Waals surface area contributed by atoms with E-state index in [9.17, 15) is 14.3 Å². The number of halogens is 1. The smallest absolute Gasteiger partial charge is 0.272 e. The van der Waals surface area contributed by atoms with Crippen molar-refractivity contribution in [2.75, 3.05) is 26.2 Å². The molecule has 0 aliphatic carbocycles. The zero-order valence-electron chi connectivity index (χ0n) is 18.1. The Morgan fingerprint density at radius 1 is 1.12 bits per heavy atom. The number of aliphatic hydroxyl groups excluding tert-OH is 1. The van der Waals surface area contributed by atoms with E-state index < -0.39 is 0 Å². The van der Waals surface area contributed by atoms with Crippen molar-refractivity contribution in [1.29, 1.82) is 0 Å². The number of carbonyl (C=O) groups excluding carboxylic acids is 1. The molecule has 32 heavy (non-hydrogen) atoms. The summed E-state index contributed by atoms with van der Waals surface area (Å²) in [5, 5.41) is 9.97. The van der Waals surface area contributed by atoms with Gasteiger partial charge >= 0.3 is 0 Å². The maximum Gasteiger partial charge on any atom is 0.272 e. The first-order valence-electron chi connectivity index (χ1n) is 11.1. The molecule has 6 nitrogen and oxygen atoms in total. The topological polar surface area (TPSA) is 61.6 Å². The number of aromatic nitrogens is 2. The number of carbonyl (C=O) groups is 1. The van der Waals surface area contributed by atoms with Gasteiger partial charge in [-0.25, -0.2) is 9.37 Å². The van der Waals surface area contributed by atoms with Crippen molar-refractivity contribution >= 4 is 5.91 Å². The maximum atomic E-state index is 13.4. The zero-order valence-corrected chi connectivity index (χ0v) is 18.1. The molecule has 2 aliphatic heterocycles. The first-order chi connectivity index (χ1) is 15.5. The van der Waals surface area contributed by atoms with E-state index >= 15 is 0 Å². The number of fused-ring (bicyclic) bond motifs is 1. The molecule has 3 heterocycles. The Labute approximate surface area is 186 Å².